The van der Waals surface area contributed by atoms with Crippen molar-refractivity contribution in [1.82, 2.24) is 19.7 Å². The molecule has 1 atom stereocenters. The minimum Gasteiger partial charge on any atom is -0.486 e. The first-order chi connectivity index (χ1) is 12.5. The third-order valence-electron chi connectivity index (χ3n) is 4.29. The van der Waals surface area contributed by atoms with Gasteiger partial charge < -0.3 is 9.15 Å². The van der Waals surface area contributed by atoms with Gasteiger partial charge in [-0.15, -0.1) is 0 Å². The molecule has 1 unspecified atom stereocenters. The van der Waals surface area contributed by atoms with Crippen LogP contribution in [0.15, 0.2) is 41.1 Å². The third-order valence-corrected chi connectivity index (χ3v) is 6.04. The van der Waals surface area contributed by atoms with Gasteiger partial charge in [0.1, 0.15) is 12.4 Å². The maximum absolute atomic E-state index is 11.9. The van der Waals surface area contributed by atoms with Crippen LogP contribution in [0.25, 0.3) is 11.6 Å². The number of hydrogen-bond acceptors (Lipinski definition) is 7. The number of hydrogen-bond donors (Lipinski definition) is 0. The van der Waals surface area contributed by atoms with Crippen LogP contribution in [-0.4, -0.2) is 39.7 Å². The van der Waals surface area contributed by atoms with Crippen molar-refractivity contribution >= 4 is 9.84 Å². The minimum absolute atomic E-state index is 0.0511. The number of para-hydroxylation sites is 1. The highest BCUT2D eigenvalue weighted by Crippen LogP contribution is 2.29. The van der Waals surface area contributed by atoms with Crippen LogP contribution in [0.2, 0.25) is 0 Å². The molecule has 1 saturated heterocycles. The molecule has 3 aromatic rings. The number of sulfone groups is 1. The smallest absolute Gasteiger partial charge is 0.196 e. The Morgan fingerprint density at radius 2 is 2.12 bits per heavy atom. The summed E-state index contributed by atoms with van der Waals surface area (Å²) < 4.78 is 36.6. The van der Waals surface area contributed by atoms with E-state index in [0.717, 1.165) is 0 Å². The van der Waals surface area contributed by atoms with Gasteiger partial charge in [-0.2, -0.15) is 5.10 Å². The van der Waals surface area contributed by atoms with E-state index in [-0.39, 0.29) is 24.2 Å². The van der Waals surface area contributed by atoms with Gasteiger partial charge in [0, 0.05) is 0 Å². The number of aromatic nitrogens is 4. The minimum atomic E-state index is -3.05. The molecule has 26 heavy (non-hydrogen) atoms. The predicted molar refractivity (Wildman–Crippen MR) is 93.3 cm³/mol. The normalized spacial score (nSPS) is 18.9. The van der Waals surface area contributed by atoms with Crippen molar-refractivity contribution in [3.8, 4) is 17.3 Å². The summed E-state index contributed by atoms with van der Waals surface area (Å²) in [5, 5.41) is 4.50. The number of nitrogens with zero attached hydrogens (tertiary/aromatic N) is 4. The van der Waals surface area contributed by atoms with Crippen LogP contribution in [0.3, 0.4) is 0 Å². The highest BCUT2D eigenvalue weighted by molar-refractivity contribution is 7.91. The molecule has 0 radical (unpaired) electrons. The van der Waals surface area contributed by atoms with Crippen LogP contribution >= 0.6 is 0 Å². The largest absolute Gasteiger partial charge is 0.486 e. The lowest BCUT2D eigenvalue weighted by Crippen LogP contribution is -2.14. The van der Waals surface area contributed by atoms with Gasteiger partial charge in [0.2, 0.25) is 0 Å². The molecular formula is C17H18N4O4S. The first kappa shape index (κ1) is 16.8. The molecule has 0 spiro atoms. The van der Waals surface area contributed by atoms with Crippen molar-refractivity contribution < 1.29 is 17.6 Å². The Morgan fingerprint density at radius 3 is 2.77 bits per heavy atom. The number of benzene rings is 1. The van der Waals surface area contributed by atoms with E-state index in [1.54, 1.807) is 4.68 Å². The van der Waals surface area contributed by atoms with Crippen molar-refractivity contribution in [3.05, 3.63) is 48.2 Å². The average molecular weight is 374 g/mol. The number of oxazole rings is 1. The van der Waals surface area contributed by atoms with Gasteiger partial charge in [0.05, 0.1) is 23.2 Å². The summed E-state index contributed by atoms with van der Waals surface area (Å²) in [6.07, 6.45) is 1.85. The highest BCUT2D eigenvalue weighted by atomic mass is 32.2. The first-order valence-electron chi connectivity index (χ1n) is 8.26. The Labute approximate surface area is 150 Å². The molecule has 0 amide bonds. The summed E-state index contributed by atoms with van der Waals surface area (Å²) in [5.74, 6) is 2.35. The molecular weight excluding hydrogens is 356 g/mol. The molecule has 2 aromatic heterocycles. The third kappa shape index (κ3) is 3.34. The average Bonchev–Trinajstić information content (AvgIpc) is 3.32. The standard InChI is InChI=1S/C17H18N4O4S/c1-12-16(25-11-18-12)17-19-15(9-24-14-5-3-2-4-6-14)20-21(17)13-7-8-26(22,23)10-13/h2-6,11,13H,7-10H2,1H3. The summed E-state index contributed by atoms with van der Waals surface area (Å²) in [6, 6.07) is 9.11. The van der Waals surface area contributed by atoms with Gasteiger partial charge in [-0.3, -0.25) is 0 Å². The molecule has 1 fully saturated rings. The molecule has 3 heterocycles. The lowest BCUT2D eigenvalue weighted by molar-refractivity contribution is 0.294. The molecule has 8 nitrogen and oxygen atoms in total. The van der Waals surface area contributed by atoms with Gasteiger partial charge in [0.25, 0.3) is 0 Å². The topological polar surface area (TPSA) is 100 Å². The summed E-state index contributed by atoms with van der Waals surface area (Å²) in [7, 11) is -3.05. The van der Waals surface area contributed by atoms with E-state index in [0.29, 0.717) is 35.3 Å². The summed E-state index contributed by atoms with van der Waals surface area (Å²) >= 11 is 0. The Bertz CT molecular complexity index is 1010. The maximum Gasteiger partial charge on any atom is 0.196 e. The molecule has 0 bridgehead atoms. The van der Waals surface area contributed by atoms with Crippen LogP contribution in [-0.2, 0) is 16.4 Å². The van der Waals surface area contributed by atoms with Gasteiger partial charge in [-0.25, -0.2) is 23.1 Å². The van der Waals surface area contributed by atoms with Crippen LogP contribution in [0.4, 0.5) is 0 Å². The van der Waals surface area contributed by atoms with Crippen LogP contribution < -0.4 is 4.74 Å². The zero-order chi connectivity index (χ0) is 18.1. The van der Waals surface area contributed by atoms with E-state index >= 15 is 0 Å². The molecule has 136 valence electrons. The van der Waals surface area contributed by atoms with Gasteiger partial charge in [-0.1, -0.05) is 18.2 Å². The molecule has 1 aliphatic rings. The van der Waals surface area contributed by atoms with Crippen LogP contribution in [0, 0.1) is 6.92 Å². The van der Waals surface area contributed by atoms with Gasteiger partial charge in [-0.05, 0) is 25.5 Å². The molecule has 4 rings (SSSR count). The van der Waals surface area contributed by atoms with Crippen molar-refractivity contribution in [2.75, 3.05) is 11.5 Å². The van der Waals surface area contributed by atoms with Gasteiger partial charge >= 0.3 is 0 Å². The summed E-state index contributed by atoms with van der Waals surface area (Å²) in [5.41, 5.74) is 0.676. The second-order valence-electron chi connectivity index (χ2n) is 6.22. The van der Waals surface area contributed by atoms with Crippen molar-refractivity contribution in [3.63, 3.8) is 0 Å². The highest BCUT2D eigenvalue weighted by Gasteiger charge is 2.33. The number of ether oxygens (including phenoxy) is 1. The fourth-order valence-electron chi connectivity index (χ4n) is 2.99. The molecule has 0 saturated carbocycles. The lowest BCUT2D eigenvalue weighted by atomic mass is 10.2. The van der Waals surface area contributed by atoms with E-state index in [1.807, 2.05) is 37.3 Å². The first-order valence-corrected chi connectivity index (χ1v) is 10.1. The molecule has 1 aliphatic heterocycles. The molecule has 9 heteroatoms. The van der Waals surface area contributed by atoms with Crippen molar-refractivity contribution in [2.24, 2.45) is 0 Å². The number of aryl methyl sites for hydroxylation is 1. The Morgan fingerprint density at radius 1 is 1.31 bits per heavy atom. The monoisotopic (exact) mass is 374 g/mol. The van der Waals surface area contributed by atoms with E-state index in [2.05, 4.69) is 15.1 Å². The zero-order valence-corrected chi connectivity index (χ0v) is 15.0. The Hall–Kier alpha value is -2.68. The summed E-state index contributed by atoms with van der Waals surface area (Å²) in [6.45, 7) is 1.99. The quantitative estimate of drug-likeness (QED) is 0.675. The lowest BCUT2D eigenvalue weighted by Gasteiger charge is -2.10. The second-order valence-corrected chi connectivity index (χ2v) is 8.45. The Balaban J connectivity index is 1.65. The fourth-order valence-corrected chi connectivity index (χ4v) is 4.68. The van der Waals surface area contributed by atoms with E-state index in [9.17, 15) is 8.42 Å². The van der Waals surface area contributed by atoms with Crippen LogP contribution in [0.5, 0.6) is 5.75 Å². The zero-order valence-electron chi connectivity index (χ0n) is 14.2. The summed E-state index contributed by atoms with van der Waals surface area (Å²) in [4.78, 5) is 8.61. The van der Waals surface area contributed by atoms with Crippen LogP contribution in [0.1, 0.15) is 24.0 Å². The van der Waals surface area contributed by atoms with Crippen molar-refractivity contribution in [1.29, 1.82) is 0 Å². The molecule has 1 aromatic carbocycles. The van der Waals surface area contributed by atoms with Gasteiger partial charge in [0.15, 0.2) is 33.6 Å². The van der Waals surface area contributed by atoms with Crippen molar-refractivity contribution in [2.45, 2.75) is 26.0 Å². The van der Waals surface area contributed by atoms with E-state index in [4.69, 9.17) is 9.15 Å². The second kappa shape index (κ2) is 6.56. The SMILES string of the molecule is Cc1ncoc1-c1nc(COc2ccccc2)nn1C1CCS(=O)(=O)C1. The molecule has 0 aliphatic carbocycles. The number of rotatable bonds is 5. The fraction of sp³-hybridized carbons (Fsp3) is 0.353. The predicted octanol–water partition coefficient (Wildman–Crippen LogP) is 2.18. The Kier molecular flexibility index (Phi) is 4.23. The maximum atomic E-state index is 11.9. The van der Waals surface area contributed by atoms with E-state index < -0.39 is 9.84 Å². The molecule has 0 N–H and O–H groups in total. The van der Waals surface area contributed by atoms with E-state index in [1.165, 1.54) is 6.39 Å².